The van der Waals surface area contributed by atoms with Crippen molar-refractivity contribution in [2.45, 2.75) is 0 Å². The number of carboxylic acid groups (broad SMARTS) is 1. The molecule has 0 aliphatic carbocycles. The van der Waals surface area contributed by atoms with E-state index in [1.165, 1.54) is 4.60 Å². The minimum atomic E-state index is -1.48. The molecule has 0 radical (unpaired) electrons. The van der Waals surface area contributed by atoms with Crippen LogP contribution in [0.5, 0.6) is 5.75 Å². The lowest BCUT2D eigenvalue weighted by atomic mass is 10.3. The number of hydrogen-bond donors (Lipinski definition) is 3. The summed E-state index contributed by atoms with van der Waals surface area (Å²) in [5, 5.41) is 9.01. The summed E-state index contributed by atoms with van der Waals surface area (Å²) in [6.45, 7) is 0. The van der Waals surface area contributed by atoms with E-state index in [2.05, 4.69) is 9.72 Å². The van der Waals surface area contributed by atoms with Crippen LogP contribution in [0.2, 0.25) is 0 Å². The van der Waals surface area contributed by atoms with E-state index in [-0.39, 0.29) is 17.8 Å². The zero-order valence-electron chi connectivity index (χ0n) is 8.04. The van der Waals surface area contributed by atoms with E-state index in [0.29, 0.717) is 5.75 Å². The fourth-order valence-corrected chi connectivity index (χ4v) is 5.56. The van der Waals surface area contributed by atoms with Crippen LogP contribution in [-0.2, 0) is 0 Å². The zero-order chi connectivity index (χ0) is 11.4. The molecule has 6 nitrogen and oxygen atoms in total. The van der Waals surface area contributed by atoms with Crippen LogP contribution in [0.4, 0.5) is 4.79 Å². The minimum Gasteiger partial charge on any atom is -0.476 e. The number of nitrogens with one attached hydrogen (secondary N) is 2. The number of carbonyl (C=O) groups is 1. The first-order chi connectivity index (χ1) is 7.77. The van der Waals surface area contributed by atoms with Gasteiger partial charge in [0.1, 0.15) is 5.75 Å². The van der Waals surface area contributed by atoms with Crippen molar-refractivity contribution >= 4 is 31.7 Å². The Morgan fingerprint density at radius 1 is 1.44 bits per heavy atom. The Morgan fingerprint density at radius 3 is 2.88 bits per heavy atom. The zero-order valence-corrected chi connectivity index (χ0v) is 10.9. The molecule has 1 aliphatic rings. The monoisotopic (exact) mass is 277 g/mol. The number of hydrogen-bond acceptors (Lipinski definition) is 5. The summed E-state index contributed by atoms with van der Waals surface area (Å²) in [4.78, 5) is 22.4. The lowest BCUT2D eigenvalue weighted by Gasteiger charge is -2.31. The average molecular weight is 277 g/mol. The van der Waals surface area contributed by atoms with Crippen molar-refractivity contribution in [1.82, 2.24) is 14.3 Å². The van der Waals surface area contributed by atoms with Gasteiger partial charge in [0.15, 0.2) is 0 Å². The molecule has 1 saturated heterocycles. The van der Waals surface area contributed by atoms with Crippen LogP contribution in [-0.4, -0.2) is 15.4 Å². The highest BCUT2D eigenvalue weighted by Gasteiger charge is 2.31. The van der Waals surface area contributed by atoms with E-state index in [9.17, 15) is 4.79 Å². The third kappa shape index (κ3) is 3.08. The van der Waals surface area contributed by atoms with Crippen LogP contribution < -0.4 is 14.6 Å². The number of para-hydroxylation sites is 1. The molecule has 9 heteroatoms. The quantitative estimate of drug-likeness (QED) is 0.737. The Kier molecular flexibility index (Phi) is 4.42. The highest BCUT2D eigenvalue weighted by molar-refractivity contribution is 7.82. The Labute approximate surface area is 97.3 Å². The van der Waals surface area contributed by atoms with E-state index in [4.69, 9.17) is 9.94 Å². The molecule has 3 atom stereocenters. The van der Waals surface area contributed by atoms with E-state index in [1.807, 2.05) is 18.2 Å². The van der Waals surface area contributed by atoms with Gasteiger partial charge in [0.05, 0.1) is 8.88 Å². The van der Waals surface area contributed by atoms with Crippen molar-refractivity contribution in [3.8, 4) is 5.75 Å². The molecule has 1 fully saturated rings. The van der Waals surface area contributed by atoms with Crippen LogP contribution in [0.15, 0.2) is 30.3 Å². The number of nitrogens with zero attached hydrogens (tertiary/aromatic N) is 1. The SMILES string of the molecule is O=C(O)P1NPNPN1Oc1ccccc1. The predicted molar refractivity (Wildman–Crippen MR) is 66.8 cm³/mol. The van der Waals surface area contributed by atoms with E-state index in [1.54, 1.807) is 12.1 Å². The summed E-state index contributed by atoms with van der Waals surface area (Å²) in [6, 6.07) is 9.14. The highest BCUT2D eigenvalue weighted by Crippen LogP contribution is 2.50. The van der Waals surface area contributed by atoms with Gasteiger partial charge in [-0.3, -0.25) is 4.86 Å². The topological polar surface area (TPSA) is 73.8 Å². The second kappa shape index (κ2) is 5.83. The van der Waals surface area contributed by atoms with Crippen molar-refractivity contribution in [3.63, 3.8) is 0 Å². The lowest BCUT2D eigenvalue weighted by molar-refractivity contribution is 0.140. The van der Waals surface area contributed by atoms with Crippen LogP contribution >= 0.6 is 26.0 Å². The van der Waals surface area contributed by atoms with Crippen molar-refractivity contribution in [1.29, 1.82) is 0 Å². The molecule has 1 aromatic carbocycles. The number of benzene rings is 1. The van der Waals surface area contributed by atoms with Gasteiger partial charge in [0, 0.05) is 8.88 Å². The summed E-state index contributed by atoms with van der Waals surface area (Å²) in [5.41, 5.74) is -0.882. The van der Waals surface area contributed by atoms with Gasteiger partial charge in [0.2, 0.25) is 8.22 Å². The summed E-state index contributed by atoms with van der Waals surface area (Å²) < 4.78 is 1.45. The smallest absolute Gasteiger partial charge is 0.358 e. The molecule has 1 aromatic rings. The molecule has 2 rings (SSSR count). The minimum absolute atomic E-state index is 0.150. The third-order valence-corrected chi connectivity index (χ3v) is 5.91. The number of rotatable bonds is 3. The molecular weight excluding hydrogens is 267 g/mol. The van der Waals surface area contributed by atoms with Crippen molar-refractivity contribution in [3.05, 3.63) is 30.3 Å². The van der Waals surface area contributed by atoms with Gasteiger partial charge in [-0.1, -0.05) is 22.8 Å². The largest absolute Gasteiger partial charge is 0.476 e. The summed E-state index contributed by atoms with van der Waals surface area (Å²) in [6.07, 6.45) is 0. The standard InChI is InChI=1S/C7H10N3O3P3/c11-7(12)16-9-14-8-15-10(16)13-6-4-2-1-3-5-6/h1-5,8-9,14-15H,(H,11,12). The first kappa shape index (κ1) is 12.1. The second-order valence-electron chi connectivity index (χ2n) is 2.75. The van der Waals surface area contributed by atoms with Gasteiger partial charge < -0.3 is 9.94 Å². The average Bonchev–Trinajstić information content (AvgIpc) is 2.31. The lowest BCUT2D eigenvalue weighted by Crippen LogP contribution is -2.27. The van der Waals surface area contributed by atoms with Crippen molar-refractivity contribution in [2.75, 3.05) is 0 Å². The molecule has 16 heavy (non-hydrogen) atoms. The molecule has 1 aliphatic heterocycles. The maximum atomic E-state index is 11.0. The fourth-order valence-electron chi connectivity index (χ4n) is 1.02. The highest BCUT2D eigenvalue weighted by atomic mass is 31.2. The molecule has 0 amide bonds. The van der Waals surface area contributed by atoms with Gasteiger partial charge in [-0.15, -0.1) is 0 Å². The molecule has 3 unspecified atom stereocenters. The van der Waals surface area contributed by atoms with Crippen molar-refractivity contribution in [2.24, 2.45) is 0 Å². The van der Waals surface area contributed by atoms with Gasteiger partial charge in [-0.2, -0.15) is 0 Å². The Bertz CT molecular complexity index is 366. The predicted octanol–water partition coefficient (Wildman–Crippen LogP) is 2.48. The fraction of sp³-hybridized carbons (Fsp3) is 0. The van der Waals surface area contributed by atoms with Crippen molar-refractivity contribution < 1.29 is 14.7 Å². The molecular formula is C7H10N3O3P3. The maximum Gasteiger partial charge on any atom is 0.358 e. The van der Waals surface area contributed by atoms with E-state index in [0.717, 1.165) is 0 Å². The molecule has 1 heterocycles. The van der Waals surface area contributed by atoms with Crippen LogP contribution in [0.3, 0.4) is 0 Å². The Morgan fingerprint density at radius 2 is 2.19 bits per heavy atom. The summed E-state index contributed by atoms with van der Waals surface area (Å²) in [5.74, 6) is 0.637. The first-order valence-electron chi connectivity index (χ1n) is 4.35. The molecule has 0 aromatic heterocycles. The second-order valence-corrected chi connectivity index (χ2v) is 7.27. The molecule has 3 N–H and O–H groups in total. The van der Waals surface area contributed by atoms with Gasteiger partial charge in [0.25, 0.3) is 0 Å². The molecule has 0 spiro atoms. The Balaban J connectivity index is 2.04. The Hall–Kier alpha value is -0.340. The maximum absolute atomic E-state index is 11.0. The first-order valence-corrected chi connectivity index (χ1v) is 7.59. The van der Waals surface area contributed by atoms with E-state index < -0.39 is 13.9 Å². The summed E-state index contributed by atoms with van der Waals surface area (Å²) >= 11 is 0. The van der Waals surface area contributed by atoms with Crippen LogP contribution in [0.1, 0.15) is 0 Å². The molecule has 0 saturated carbocycles. The molecule has 86 valence electrons. The van der Waals surface area contributed by atoms with Gasteiger partial charge in [-0.25, -0.2) is 9.65 Å². The van der Waals surface area contributed by atoms with Crippen LogP contribution in [0.25, 0.3) is 0 Å². The molecule has 0 bridgehead atoms. The third-order valence-electron chi connectivity index (χ3n) is 1.67. The normalized spacial score (nSPS) is 24.6. The van der Waals surface area contributed by atoms with E-state index >= 15 is 0 Å². The van der Waals surface area contributed by atoms with Gasteiger partial charge >= 0.3 is 5.71 Å². The van der Waals surface area contributed by atoms with Crippen LogP contribution in [0, 0.1) is 0 Å². The summed E-state index contributed by atoms with van der Waals surface area (Å²) in [7, 11) is -1.07. The van der Waals surface area contributed by atoms with Gasteiger partial charge in [-0.05, 0) is 12.1 Å².